The number of oxime groups is 1. The van der Waals surface area contributed by atoms with Crippen LogP contribution in [0.4, 0.5) is 5.13 Å². The number of carboxylic acid groups (broad SMARTS) is 1. The number of nitrogens with one attached hydrogen (secondary N) is 2. The molecule has 1 aromatic rings. The first-order valence-corrected chi connectivity index (χ1v) is 10.2. The molecule has 0 spiro atoms. The van der Waals surface area contributed by atoms with E-state index in [0.29, 0.717) is 5.57 Å². The standard InChI is InChI=1S/C15H16N6O7S2/c1-5(22)20-28-2-6-3-29-13-9(12(24)21(13)10(6)14(25)26)18-11(23)8(19-27)7-4-30-15(16)17-7/h4,9,13,27H,2-3H2,1H3,(H2,16,17)(H,18,23)(H,20,22)(H,25,26)/b19-8-/t9?,13-/m1/s1. The molecule has 3 amide bonds. The molecule has 2 atom stereocenters. The number of aromatic nitrogens is 1. The molecule has 13 nitrogen and oxygen atoms in total. The van der Waals surface area contributed by atoms with Crippen molar-refractivity contribution >= 4 is 57.6 Å². The zero-order valence-electron chi connectivity index (χ0n) is 15.3. The van der Waals surface area contributed by atoms with Crippen LogP contribution in [0.15, 0.2) is 21.8 Å². The molecule has 0 saturated carbocycles. The van der Waals surface area contributed by atoms with Gasteiger partial charge >= 0.3 is 5.97 Å². The molecule has 0 bridgehead atoms. The van der Waals surface area contributed by atoms with Crippen LogP contribution in [0, 0.1) is 0 Å². The number of thioether (sulfide) groups is 1. The number of carbonyl (C=O) groups excluding carboxylic acids is 3. The second kappa shape index (κ2) is 8.68. The number of fused-ring (bicyclic) bond motifs is 1. The summed E-state index contributed by atoms with van der Waals surface area (Å²) in [5.74, 6) is -3.10. The maximum absolute atomic E-state index is 12.6. The molecule has 1 saturated heterocycles. The van der Waals surface area contributed by atoms with Gasteiger partial charge in [-0.2, -0.15) is 0 Å². The lowest BCUT2D eigenvalue weighted by Gasteiger charge is -2.49. The van der Waals surface area contributed by atoms with E-state index in [2.05, 4.69) is 20.9 Å². The Bertz CT molecular complexity index is 974. The van der Waals surface area contributed by atoms with Crippen LogP contribution in [-0.4, -0.2) is 73.4 Å². The van der Waals surface area contributed by atoms with Crippen LogP contribution in [0.3, 0.4) is 0 Å². The molecule has 1 aromatic heterocycles. The highest BCUT2D eigenvalue weighted by Crippen LogP contribution is 2.40. The van der Waals surface area contributed by atoms with E-state index in [1.807, 2.05) is 0 Å². The molecular formula is C15H16N6O7S2. The van der Waals surface area contributed by atoms with Gasteiger partial charge in [-0.15, -0.1) is 23.1 Å². The smallest absolute Gasteiger partial charge is 0.352 e. The molecule has 30 heavy (non-hydrogen) atoms. The summed E-state index contributed by atoms with van der Waals surface area (Å²) in [7, 11) is 0. The highest BCUT2D eigenvalue weighted by molar-refractivity contribution is 8.00. The van der Waals surface area contributed by atoms with E-state index in [0.717, 1.165) is 16.2 Å². The Hall–Kier alpha value is -3.17. The molecule has 160 valence electrons. The van der Waals surface area contributed by atoms with E-state index in [9.17, 15) is 24.3 Å². The lowest BCUT2D eigenvalue weighted by Crippen LogP contribution is -2.71. The minimum Gasteiger partial charge on any atom is -0.477 e. The monoisotopic (exact) mass is 456 g/mol. The maximum Gasteiger partial charge on any atom is 0.352 e. The molecule has 3 rings (SSSR count). The van der Waals surface area contributed by atoms with Gasteiger partial charge in [-0.1, -0.05) is 5.16 Å². The second-order valence-electron chi connectivity index (χ2n) is 6.08. The lowest BCUT2D eigenvalue weighted by atomic mass is 10.0. The molecule has 1 fully saturated rings. The summed E-state index contributed by atoms with van der Waals surface area (Å²) in [5, 5.41) is 25.0. The summed E-state index contributed by atoms with van der Waals surface area (Å²) in [6.07, 6.45) is 0. The van der Waals surface area contributed by atoms with Crippen LogP contribution >= 0.6 is 23.1 Å². The number of nitrogen functional groups attached to an aromatic ring is 1. The summed E-state index contributed by atoms with van der Waals surface area (Å²) < 4.78 is 0. The molecule has 15 heteroatoms. The fourth-order valence-electron chi connectivity index (χ4n) is 2.84. The predicted molar refractivity (Wildman–Crippen MR) is 104 cm³/mol. The van der Waals surface area contributed by atoms with Crippen molar-refractivity contribution in [3.8, 4) is 0 Å². The van der Waals surface area contributed by atoms with Crippen molar-refractivity contribution in [1.82, 2.24) is 20.7 Å². The molecule has 0 radical (unpaired) electrons. The fourth-order valence-corrected chi connectivity index (χ4v) is 4.71. The Balaban J connectivity index is 1.73. The fraction of sp³-hybridized carbons (Fsp3) is 0.333. The van der Waals surface area contributed by atoms with E-state index in [1.54, 1.807) is 0 Å². The average Bonchev–Trinajstić information content (AvgIpc) is 3.11. The van der Waals surface area contributed by atoms with Crippen molar-refractivity contribution in [2.45, 2.75) is 18.3 Å². The van der Waals surface area contributed by atoms with Gasteiger partial charge in [-0.25, -0.2) is 15.3 Å². The quantitative estimate of drug-likeness (QED) is 0.142. The number of rotatable bonds is 7. The zero-order chi connectivity index (χ0) is 22.0. The third-order valence-electron chi connectivity index (χ3n) is 4.08. The Kier molecular flexibility index (Phi) is 6.23. The number of carbonyl (C=O) groups is 4. The molecule has 0 aliphatic carbocycles. The topological polar surface area (TPSA) is 197 Å². The number of hydrogen-bond donors (Lipinski definition) is 5. The number of thiazole rings is 1. The second-order valence-corrected chi connectivity index (χ2v) is 8.08. The molecule has 0 aromatic carbocycles. The van der Waals surface area contributed by atoms with Crippen molar-refractivity contribution in [2.24, 2.45) is 5.16 Å². The number of nitrogens with two attached hydrogens (primary N) is 1. The van der Waals surface area contributed by atoms with Crippen molar-refractivity contribution < 1.29 is 34.3 Å². The summed E-state index contributed by atoms with van der Waals surface area (Å²) in [6, 6.07) is -1.03. The highest BCUT2D eigenvalue weighted by atomic mass is 32.2. The van der Waals surface area contributed by atoms with Gasteiger partial charge < -0.3 is 21.4 Å². The number of aliphatic carboxylic acids is 1. The molecule has 6 N–H and O–H groups in total. The van der Waals surface area contributed by atoms with E-state index < -0.39 is 40.8 Å². The Morgan fingerprint density at radius 3 is 2.77 bits per heavy atom. The van der Waals surface area contributed by atoms with E-state index >= 15 is 0 Å². The minimum atomic E-state index is -1.34. The van der Waals surface area contributed by atoms with E-state index in [1.165, 1.54) is 24.1 Å². The van der Waals surface area contributed by atoms with Gasteiger partial charge in [0.15, 0.2) is 10.8 Å². The van der Waals surface area contributed by atoms with Crippen LogP contribution in [0.1, 0.15) is 12.6 Å². The van der Waals surface area contributed by atoms with Gasteiger partial charge in [-0.05, 0) is 5.57 Å². The van der Waals surface area contributed by atoms with Crippen molar-refractivity contribution in [3.05, 3.63) is 22.3 Å². The number of nitrogens with zero attached hydrogens (tertiary/aromatic N) is 3. The Morgan fingerprint density at radius 2 is 2.20 bits per heavy atom. The van der Waals surface area contributed by atoms with Crippen LogP contribution < -0.4 is 16.5 Å². The summed E-state index contributed by atoms with van der Waals surface area (Å²) in [6.45, 7) is 1.02. The van der Waals surface area contributed by atoms with E-state index in [-0.39, 0.29) is 28.9 Å². The molecule has 1 unspecified atom stereocenters. The van der Waals surface area contributed by atoms with E-state index in [4.69, 9.17) is 15.8 Å². The summed E-state index contributed by atoms with van der Waals surface area (Å²) in [5.41, 5.74) is 7.26. The first-order chi connectivity index (χ1) is 14.2. The summed E-state index contributed by atoms with van der Waals surface area (Å²) >= 11 is 2.26. The van der Waals surface area contributed by atoms with Gasteiger partial charge in [0.2, 0.25) is 5.91 Å². The largest absolute Gasteiger partial charge is 0.477 e. The minimum absolute atomic E-state index is 0.0425. The van der Waals surface area contributed by atoms with Crippen molar-refractivity contribution in [2.75, 3.05) is 18.1 Å². The van der Waals surface area contributed by atoms with Gasteiger partial charge in [0.25, 0.3) is 11.8 Å². The van der Waals surface area contributed by atoms with Gasteiger partial charge in [-0.3, -0.25) is 24.1 Å². The third-order valence-corrected chi connectivity index (χ3v) is 6.09. The third kappa shape index (κ3) is 4.07. The highest BCUT2D eigenvalue weighted by Gasteiger charge is 2.54. The molecule has 3 heterocycles. The van der Waals surface area contributed by atoms with Crippen molar-refractivity contribution in [1.29, 1.82) is 0 Å². The average molecular weight is 456 g/mol. The Morgan fingerprint density at radius 1 is 1.47 bits per heavy atom. The van der Waals surface area contributed by atoms with Crippen LogP contribution in [0.25, 0.3) is 0 Å². The van der Waals surface area contributed by atoms with Gasteiger partial charge in [0, 0.05) is 18.1 Å². The first kappa shape index (κ1) is 21.5. The first-order valence-electron chi connectivity index (χ1n) is 8.27. The SMILES string of the molecule is CC(=O)NOCC1=C(C(=O)O)N2C(=O)C(NC(=O)/C(=N\O)c3csc(N)n3)[C@H]2SC1. The number of amides is 3. The number of hydrogen-bond acceptors (Lipinski definition) is 11. The van der Waals surface area contributed by atoms with Crippen LogP contribution in [0.5, 0.6) is 0 Å². The Labute approximate surface area is 176 Å². The molecule has 2 aliphatic heterocycles. The number of anilines is 1. The van der Waals surface area contributed by atoms with Crippen molar-refractivity contribution in [3.63, 3.8) is 0 Å². The lowest BCUT2D eigenvalue weighted by molar-refractivity contribution is -0.150. The summed E-state index contributed by atoms with van der Waals surface area (Å²) in [4.78, 5) is 57.5. The number of hydroxylamine groups is 1. The number of β-lactam (4-membered cyclic amide) rings is 1. The molecule has 2 aliphatic rings. The normalized spacial score (nSPS) is 21.0. The maximum atomic E-state index is 12.6. The van der Waals surface area contributed by atoms with Crippen LogP contribution in [-0.2, 0) is 24.0 Å². The van der Waals surface area contributed by atoms with Gasteiger partial charge in [0.1, 0.15) is 22.8 Å². The predicted octanol–water partition coefficient (Wildman–Crippen LogP) is -1.29. The number of carboxylic acids is 1. The molecular weight excluding hydrogens is 440 g/mol. The van der Waals surface area contributed by atoms with Gasteiger partial charge in [0.05, 0.1) is 6.61 Å². The zero-order valence-corrected chi connectivity index (χ0v) is 17.0. The van der Waals surface area contributed by atoms with Crippen LogP contribution in [0.2, 0.25) is 0 Å².